The first-order valence-corrected chi connectivity index (χ1v) is 8.25. The van der Waals surface area contributed by atoms with E-state index in [4.69, 9.17) is 19.5 Å². The number of rotatable bonds is 6. The van der Waals surface area contributed by atoms with Crippen molar-refractivity contribution in [2.45, 2.75) is 25.6 Å². The van der Waals surface area contributed by atoms with Gasteiger partial charge in [-0.2, -0.15) is 5.26 Å². The Balaban J connectivity index is 1.48. The summed E-state index contributed by atoms with van der Waals surface area (Å²) in [6.45, 7) is 1.50. The molecule has 0 N–H and O–H groups in total. The lowest BCUT2D eigenvalue weighted by Gasteiger charge is -2.11. The summed E-state index contributed by atoms with van der Waals surface area (Å²) in [5.74, 6) is 0.314. The summed E-state index contributed by atoms with van der Waals surface area (Å²) in [6.07, 6.45) is 2.27. The zero-order chi connectivity index (χ0) is 17.5. The van der Waals surface area contributed by atoms with Gasteiger partial charge < -0.3 is 14.2 Å². The largest absolute Gasteiger partial charge is 0.491 e. The molecule has 25 heavy (non-hydrogen) atoms. The summed E-state index contributed by atoms with van der Waals surface area (Å²) < 4.78 is 16.5. The van der Waals surface area contributed by atoms with E-state index < -0.39 is 5.97 Å². The molecule has 0 spiro atoms. The van der Waals surface area contributed by atoms with E-state index in [0.29, 0.717) is 23.5 Å². The van der Waals surface area contributed by atoms with Crippen LogP contribution < -0.4 is 4.74 Å². The van der Waals surface area contributed by atoms with Gasteiger partial charge in [-0.3, -0.25) is 0 Å². The molecule has 1 aliphatic rings. The zero-order valence-electron chi connectivity index (χ0n) is 13.8. The molecule has 5 heteroatoms. The molecule has 0 radical (unpaired) electrons. The minimum Gasteiger partial charge on any atom is -0.491 e. The third-order valence-electron chi connectivity index (χ3n) is 4.00. The monoisotopic (exact) mass is 337 g/mol. The molecular weight excluding hydrogens is 318 g/mol. The van der Waals surface area contributed by atoms with Crippen LogP contribution in [-0.2, 0) is 16.1 Å². The maximum absolute atomic E-state index is 12.1. The Morgan fingerprint density at radius 1 is 1.16 bits per heavy atom. The molecule has 0 saturated carbocycles. The Bertz CT molecular complexity index is 741. The topological polar surface area (TPSA) is 68.5 Å². The van der Waals surface area contributed by atoms with Gasteiger partial charge in [-0.1, -0.05) is 12.1 Å². The smallest absolute Gasteiger partial charge is 0.338 e. The number of nitriles is 1. The van der Waals surface area contributed by atoms with Crippen LogP contribution in [0, 0.1) is 11.3 Å². The van der Waals surface area contributed by atoms with Gasteiger partial charge in [0.05, 0.1) is 23.3 Å². The van der Waals surface area contributed by atoms with Gasteiger partial charge in [0.1, 0.15) is 19.0 Å². The highest BCUT2D eigenvalue weighted by molar-refractivity contribution is 5.89. The average molecular weight is 337 g/mol. The summed E-state index contributed by atoms with van der Waals surface area (Å²) in [5, 5.41) is 8.76. The van der Waals surface area contributed by atoms with Gasteiger partial charge in [0.2, 0.25) is 0 Å². The van der Waals surface area contributed by atoms with Crippen molar-refractivity contribution in [2.24, 2.45) is 0 Å². The van der Waals surface area contributed by atoms with Crippen LogP contribution in [0.15, 0.2) is 48.5 Å². The maximum Gasteiger partial charge on any atom is 0.338 e. The number of ether oxygens (including phenoxy) is 3. The number of nitrogens with zero attached hydrogens (tertiary/aromatic N) is 1. The molecule has 1 unspecified atom stereocenters. The molecule has 2 aromatic carbocycles. The maximum atomic E-state index is 12.1. The Kier molecular flexibility index (Phi) is 5.65. The van der Waals surface area contributed by atoms with E-state index in [2.05, 4.69) is 6.07 Å². The molecule has 0 aromatic heterocycles. The minimum absolute atomic E-state index is 0.164. The van der Waals surface area contributed by atoms with Crippen LogP contribution in [0.4, 0.5) is 0 Å². The van der Waals surface area contributed by atoms with Gasteiger partial charge in [0.25, 0.3) is 0 Å². The highest BCUT2D eigenvalue weighted by atomic mass is 16.5. The quantitative estimate of drug-likeness (QED) is 0.755. The Hall–Kier alpha value is -2.84. The second kappa shape index (κ2) is 8.32. The van der Waals surface area contributed by atoms with Crippen LogP contribution in [0.3, 0.4) is 0 Å². The average Bonchev–Trinajstić information content (AvgIpc) is 3.19. The van der Waals surface area contributed by atoms with Crippen molar-refractivity contribution in [3.05, 3.63) is 65.2 Å². The fourth-order valence-corrected chi connectivity index (χ4v) is 2.56. The van der Waals surface area contributed by atoms with Crippen molar-refractivity contribution in [3.8, 4) is 11.8 Å². The Morgan fingerprint density at radius 3 is 2.56 bits per heavy atom. The van der Waals surface area contributed by atoms with E-state index in [-0.39, 0.29) is 12.7 Å². The molecule has 2 aromatic rings. The molecule has 128 valence electrons. The molecule has 0 amide bonds. The number of hydrogen-bond donors (Lipinski definition) is 0. The predicted octanol–water partition coefficient (Wildman–Crippen LogP) is 3.47. The summed E-state index contributed by atoms with van der Waals surface area (Å²) in [4.78, 5) is 12.1. The predicted molar refractivity (Wildman–Crippen MR) is 91.2 cm³/mol. The number of carbonyl (C=O) groups is 1. The van der Waals surface area contributed by atoms with E-state index in [1.54, 1.807) is 48.5 Å². The summed E-state index contributed by atoms with van der Waals surface area (Å²) in [6, 6.07) is 15.9. The van der Waals surface area contributed by atoms with Crippen LogP contribution in [0.5, 0.6) is 5.75 Å². The van der Waals surface area contributed by atoms with E-state index in [0.717, 1.165) is 25.0 Å². The molecule has 1 saturated heterocycles. The molecule has 0 bridgehead atoms. The highest BCUT2D eigenvalue weighted by Gasteiger charge is 2.16. The number of benzene rings is 2. The lowest BCUT2D eigenvalue weighted by atomic mass is 10.1. The molecule has 0 aliphatic carbocycles. The molecular formula is C20H19NO4. The van der Waals surface area contributed by atoms with Crippen molar-refractivity contribution in [1.29, 1.82) is 5.26 Å². The molecule has 5 nitrogen and oxygen atoms in total. The van der Waals surface area contributed by atoms with Gasteiger partial charge in [-0.25, -0.2) is 4.79 Å². The molecule has 1 aliphatic heterocycles. The molecule has 3 rings (SSSR count). The summed E-state index contributed by atoms with van der Waals surface area (Å²) in [5.41, 5.74) is 1.88. The third kappa shape index (κ3) is 4.82. The van der Waals surface area contributed by atoms with E-state index >= 15 is 0 Å². The highest BCUT2D eigenvalue weighted by Crippen LogP contribution is 2.17. The van der Waals surface area contributed by atoms with Crippen molar-refractivity contribution < 1.29 is 19.0 Å². The summed E-state index contributed by atoms with van der Waals surface area (Å²) in [7, 11) is 0. The molecule has 1 heterocycles. The van der Waals surface area contributed by atoms with Crippen LogP contribution in [0.25, 0.3) is 0 Å². The first-order chi connectivity index (χ1) is 12.2. The van der Waals surface area contributed by atoms with Gasteiger partial charge in [-0.15, -0.1) is 0 Å². The second-order valence-electron chi connectivity index (χ2n) is 5.86. The molecule has 1 atom stereocenters. The van der Waals surface area contributed by atoms with Crippen LogP contribution in [0.2, 0.25) is 0 Å². The standard InChI is InChI=1S/C20H19NO4/c21-12-15-3-5-16(6-4-15)13-25-20(22)17-7-9-18(10-8-17)24-14-19-2-1-11-23-19/h3-10,19H,1-2,11,13-14H2. The first kappa shape index (κ1) is 17.0. The fourth-order valence-electron chi connectivity index (χ4n) is 2.56. The SMILES string of the molecule is N#Cc1ccc(COC(=O)c2ccc(OCC3CCCO3)cc2)cc1. The van der Waals surface area contributed by atoms with E-state index in [9.17, 15) is 4.79 Å². The van der Waals surface area contributed by atoms with Crippen LogP contribution in [0.1, 0.15) is 34.3 Å². The Labute approximate surface area is 146 Å². The molecule has 1 fully saturated rings. The van der Waals surface area contributed by atoms with E-state index in [1.807, 2.05) is 0 Å². The van der Waals surface area contributed by atoms with Crippen molar-refractivity contribution in [1.82, 2.24) is 0 Å². The zero-order valence-corrected chi connectivity index (χ0v) is 13.8. The van der Waals surface area contributed by atoms with Crippen molar-refractivity contribution >= 4 is 5.97 Å². The van der Waals surface area contributed by atoms with Gasteiger partial charge in [0, 0.05) is 6.61 Å². The number of esters is 1. The third-order valence-corrected chi connectivity index (χ3v) is 4.00. The Morgan fingerprint density at radius 2 is 1.92 bits per heavy atom. The van der Waals surface area contributed by atoms with Gasteiger partial charge in [-0.05, 0) is 54.8 Å². The first-order valence-electron chi connectivity index (χ1n) is 8.25. The van der Waals surface area contributed by atoms with Crippen molar-refractivity contribution in [3.63, 3.8) is 0 Å². The normalized spacial score (nSPS) is 16.2. The lowest BCUT2D eigenvalue weighted by Crippen LogP contribution is -2.16. The van der Waals surface area contributed by atoms with Crippen LogP contribution in [-0.4, -0.2) is 25.3 Å². The number of hydrogen-bond acceptors (Lipinski definition) is 5. The van der Waals surface area contributed by atoms with Gasteiger partial charge in [0.15, 0.2) is 0 Å². The summed E-state index contributed by atoms with van der Waals surface area (Å²) >= 11 is 0. The van der Waals surface area contributed by atoms with Crippen molar-refractivity contribution in [2.75, 3.05) is 13.2 Å². The minimum atomic E-state index is -0.393. The number of carbonyl (C=O) groups excluding carboxylic acids is 1. The van der Waals surface area contributed by atoms with Crippen LogP contribution >= 0.6 is 0 Å². The van der Waals surface area contributed by atoms with Gasteiger partial charge >= 0.3 is 5.97 Å². The lowest BCUT2D eigenvalue weighted by molar-refractivity contribution is 0.0472. The second-order valence-corrected chi connectivity index (χ2v) is 5.86. The van der Waals surface area contributed by atoms with E-state index in [1.165, 1.54) is 0 Å². The fraction of sp³-hybridized carbons (Fsp3) is 0.300.